The lowest BCUT2D eigenvalue weighted by molar-refractivity contribution is 0.0419. The summed E-state index contributed by atoms with van der Waals surface area (Å²) < 4.78 is 4.94. The molecule has 0 amide bonds. The highest BCUT2D eigenvalue weighted by atomic mass is 16.5. The molecule has 18 heavy (non-hydrogen) atoms. The van der Waals surface area contributed by atoms with Gasteiger partial charge in [0.15, 0.2) is 0 Å². The van der Waals surface area contributed by atoms with E-state index in [4.69, 9.17) is 4.74 Å². The van der Waals surface area contributed by atoms with Gasteiger partial charge in [0, 0.05) is 32.4 Å². The van der Waals surface area contributed by atoms with E-state index in [9.17, 15) is 5.11 Å². The van der Waals surface area contributed by atoms with Crippen LogP contribution in [0.1, 0.15) is 11.1 Å². The van der Waals surface area contributed by atoms with Crippen LogP contribution in [0.4, 0.5) is 5.69 Å². The van der Waals surface area contributed by atoms with E-state index in [-0.39, 0.29) is 0 Å². The van der Waals surface area contributed by atoms with Crippen LogP contribution in [-0.4, -0.2) is 50.0 Å². The minimum atomic E-state index is -0.426. The molecule has 0 saturated heterocycles. The van der Waals surface area contributed by atoms with Crippen molar-refractivity contribution in [3.05, 3.63) is 29.3 Å². The first-order valence-corrected chi connectivity index (χ1v) is 6.41. The molecule has 1 aromatic carbocycles. The van der Waals surface area contributed by atoms with Crippen molar-refractivity contribution in [3.8, 4) is 0 Å². The van der Waals surface area contributed by atoms with Crippen molar-refractivity contribution < 1.29 is 9.84 Å². The van der Waals surface area contributed by atoms with E-state index in [1.54, 1.807) is 7.11 Å². The number of aliphatic hydroxyl groups excluding tert-OH is 1. The predicted octanol–water partition coefficient (Wildman–Crippen LogP) is 1.09. The van der Waals surface area contributed by atoms with Crippen LogP contribution in [0.2, 0.25) is 0 Å². The first-order chi connectivity index (χ1) is 8.70. The van der Waals surface area contributed by atoms with E-state index in [0.717, 1.165) is 19.5 Å². The normalized spacial score (nSPS) is 15.6. The lowest BCUT2D eigenvalue weighted by atomic mass is 10.1. The van der Waals surface area contributed by atoms with Gasteiger partial charge in [-0.2, -0.15) is 0 Å². The molecule has 100 valence electrons. The molecule has 1 aromatic rings. The Hall–Kier alpha value is -1.10. The molecule has 1 atom stereocenters. The quantitative estimate of drug-likeness (QED) is 0.793. The van der Waals surface area contributed by atoms with Crippen molar-refractivity contribution in [2.45, 2.75) is 19.1 Å². The molecule has 0 bridgehead atoms. The molecule has 1 unspecified atom stereocenters. The second-order valence-corrected chi connectivity index (χ2v) is 4.93. The van der Waals surface area contributed by atoms with Gasteiger partial charge in [0.2, 0.25) is 0 Å². The molecule has 2 rings (SSSR count). The number of benzene rings is 1. The third-order valence-corrected chi connectivity index (χ3v) is 3.25. The Morgan fingerprint density at radius 2 is 2.33 bits per heavy atom. The molecule has 2 N–H and O–H groups in total. The molecule has 4 heteroatoms. The zero-order valence-electron chi connectivity index (χ0n) is 11.1. The minimum absolute atomic E-state index is 0.384. The number of likely N-dealkylation sites (N-methyl/N-ethyl adjacent to an activating group) is 1. The summed E-state index contributed by atoms with van der Waals surface area (Å²) in [6.45, 7) is 2.88. The molecular formula is C14H22N2O2. The van der Waals surface area contributed by atoms with E-state index >= 15 is 0 Å². The minimum Gasteiger partial charge on any atom is -0.389 e. The maximum Gasteiger partial charge on any atom is 0.0900 e. The average molecular weight is 250 g/mol. The first-order valence-electron chi connectivity index (χ1n) is 6.41. The fourth-order valence-electron chi connectivity index (χ4n) is 2.50. The molecule has 0 saturated carbocycles. The number of para-hydroxylation sites is 1. The SMILES string of the molecule is COCC(O)CN(C)Cc1cccc2c1NCC2. The average Bonchev–Trinajstić information content (AvgIpc) is 2.78. The highest BCUT2D eigenvalue weighted by Gasteiger charge is 2.15. The highest BCUT2D eigenvalue weighted by Crippen LogP contribution is 2.27. The van der Waals surface area contributed by atoms with Gasteiger partial charge >= 0.3 is 0 Å². The Bertz CT molecular complexity index is 395. The molecule has 0 aromatic heterocycles. The predicted molar refractivity (Wildman–Crippen MR) is 72.9 cm³/mol. The molecule has 0 fully saturated rings. The molecule has 0 aliphatic carbocycles. The standard InChI is InChI=1S/C14H22N2O2/c1-16(9-13(17)10-18-2)8-12-5-3-4-11-6-7-15-14(11)12/h3-5,13,15,17H,6-10H2,1-2H3. The van der Waals surface area contributed by atoms with Crippen molar-refractivity contribution in [2.75, 3.05) is 39.2 Å². The summed E-state index contributed by atoms with van der Waals surface area (Å²) in [6, 6.07) is 6.44. The summed E-state index contributed by atoms with van der Waals surface area (Å²) in [5.74, 6) is 0. The summed E-state index contributed by atoms with van der Waals surface area (Å²) in [7, 11) is 3.63. The fourth-order valence-corrected chi connectivity index (χ4v) is 2.50. The third kappa shape index (κ3) is 3.22. The van der Waals surface area contributed by atoms with Crippen molar-refractivity contribution in [2.24, 2.45) is 0 Å². The topological polar surface area (TPSA) is 44.7 Å². The van der Waals surface area contributed by atoms with E-state index in [0.29, 0.717) is 13.2 Å². The number of anilines is 1. The summed E-state index contributed by atoms with van der Waals surface area (Å²) in [5, 5.41) is 13.1. The van der Waals surface area contributed by atoms with Gasteiger partial charge in [-0.05, 0) is 24.6 Å². The van der Waals surface area contributed by atoms with Gasteiger partial charge in [-0.25, -0.2) is 0 Å². The van der Waals surface area contributed by atoms with Crippen LogP contribution in [0.25, 0.3) is 0 Å². The number of nitrogens with zero attached hydrogens (tertiary/aromatic N) is 1. The van der Waals surface area contributed by atoms with Gasteiger partial charge in [0.25, 0.3) is 0 Å². The number of hydrogen-bond donors (Lipinski definition) is 2. The number of nitrogens with one attached hydrogen (secondary N) is 1. The smallest absolute Gasteiger partial charge is 0.0900 e. The summed E-state index contributed by atoms with van der Waals surface area (Å²) in [6.07, 6.45) is 0.684. The molecular weight excluding hydrogens is 228 g/mol. The largest absolute Gasteiger partial charge is 0.389 e. The molecule has 0 spiro atoms. The number of ether oxygens (including phenoxy) is 1. The fraction of sp³-hybridized carbons (Fsp3) is 0.571. The molecule has 1 aliphatic heterocycles. The second-order valence-electron chi connectivity index (χ2n) is 4.93. The molecule has 1 aliphatic rings. The van der Waals surface area contributed by atoms with E-state index < -0.39 is 6.10 Å². The molecule has 4 nitrogen and oxygen atoms in total. The van der Waals surface area contributed by atoms with Crippen molar-refractivity contribution in [1.29, 1.82) is 0 Å². The van der Waals surface area contributed by atoms with Crippen LogP contribution in [0.3, 0.4) is 0 Å². The second kappa shape index (κ2) is 6.18. The number of hydrogen-bond acceptors (Lipinski definition) is 4. The Kier molecular flexibility index (Phi) is 4.58. The monoisotopic (exact) mass is 250 g/mol. The van der Waals surface area contributed by atoms with Gasteiger partial charge in [0.05, 0.1) is 12.7 Å². The third-order valence-electron chi connectivity index (χ3n) is 3.25. The number of rotatable bonds is 6. The maximum absolute atomic E-state index is 9.71. The van der Waals surface area contributed by atoms with Gasteiger partial charge in [-0.1, -0.05) is 18.2 Å². The van der Waals surface area contributed by atoms with Crippen molar-refractivity contribution in [1.82, 2.24) is 4.90 Å². The lowest BCUT2D eigenvalue weighted by Crippen LogP contribution is -2.31. The Labute approximate surface area is 109 Å². The number of aliphatic hydroxyl groups is 1. The van der Waals surface area contributed by atoms with Gasteiger partial charge < -0.3 is 15.2 Å². The lowest BCUT2D eigenvalue weighted by Gasteiger charge is -2.21. The van der Waals surface area contributed by atoms with Gasteiger partial charge in [0.1, 0.15) is 0 Å². The number of fused-ring (bicyclic) bond motifs is 1. The molecule has 0 radical (unpaired) electrons. The van der Waals surface area contributed by atoms with E-state index in [1.807, 2.05) is 7.05 Å². The van der Waals surface area contributed by atoms with Crippen LogP contribution in [-0.2, 0) is 17.7 Å². The van der Waals surface area contributed by atoms with E-state index in [2.05, 4.69) is 28.4 Å². The van der Waals surface area contributed by atoms with Gasteiger partial charge in [-0.3, -0.25) is 4.90 Å². The first kappa shape index (κ1) is 13.3. The van der Waals surface area contributed by atoms with Crippen LogP contribution in [0.15, 0.2) is 18.2 Å². The summed E-state index contributed by atoms with van der Waals surface area (Å²) in [5.41, 5.74) is 3.99. The zero-order chi connectivity index (χ0) is 13.0. The van der Waals surface area contributed by atoms with Crippen LogP contribution >= 0.6 is 0 Å². The maximum atomic E-state index is 9.71. The van der Waals surface area contributed by atoms with Crippen LogP contribution in [0, 0.1) is 0 Å². The Morgan fingerprint density at radius 3 is 3.11 bits per heavy atom. The van der Waals surface area contributed by atoms with Crippen molar-refractivity contribution >= 4 is 5.69 Å². The summed E-state index contributed by atoms with van der Waals surface area (Å²) >= 11 is 0. The van der Waals surface area contributed by atoms with Gasteiger partial charge in [-0.15, -0.1) is 0 Å². The van der Waals surface area contributed by atoms with Crippen molar-refractivity contribution in [3.63, 3.8) is 0 Å². The zero-order valence-corrected chi connectivity index (χ0v) is 11.1. The molecule has 1 heterocycles. The Morgan fingerprint density at radius 1 is 1.50 bits per heavy atom. The Balaban J connectivity index is 1.95. The number of methoxy groups -OCH3 is 1. The highest BCUT2D eigenvalue weighted by molar-refractivity contribution is 5.61. The van der Waals surface area contributed by atoms with Crippen LogP contribution in [0.5, 0.6) is 0 Å². The van der Waals surface area contributed by atoms with Crippen LogP contribution < -0.4 is 5.32 Å². The van der Waals surface area contributed by atoms with E-state index in [1.165, 1.54) is 16.8 Å². The summed E-state index contributed by atoms with van der Waals surface area (Å²) in [4.78, 5) is 2.12.